The SMILES string of the molecule is COc1ccccc1CC(=O)N[C@H](C)c1ccc(-n2ccnc2)cc1. The van der Waals surface area contributed by atoms with E-state index in [4.69, 9.17) is 4.74 Å². The number of amides is 1. The van der Waals surface area contributed by atoms with Gasteiger partial charge in [-0.1, -0.05) is 30.3 Å². The van der Waals surface area contributed by atoms with Crippen molar-refractivity contribution in [2.45, 2.75) is 19.4 Å². The molecule has 0 fully saturated rings. The van der Waals surface area contributed by atoms with E-state index < -0.39 is 0 Å². The fraction of sp³-hybridized carbons (Fsp3) is 0.200. The Hall–Kier alpha value is -3.08. The average molecular weight is 335 g/mol. The van der Waals surface area contributed by atoms with Crippen molar-refractivity contribution in [3.8, 4) is 11.4 Å². The lowest BCUT2D eigenvalue weighted by atomic mass is 10.1. The molecule has 128 valence electrons. The molecule has 0 saturated heterocycles. The summed E-state index contributed by atoms with van der Waals surface area (Å²) in [6.45, 7) is 1.98. The number of imidazole rings is 1. The predicted molar refractivity (Wildman–Crippen MR) is 96.8 cm³/mol. The molecule has 3 aromatic rings. The van der Waals surface area contributed by atoms with Crippen molar-refractivity contribution in [2.75, 3.05) is 7.11 Å². The third-order valence-electron chi connectivity index (χ3n) is 4.12. The van der Waals surface area contributed by atoms with Crippen LogP contribution in [0.15, 0.2) is 67.3 Å². The Bertz CT molecular complexity index is 826. The van der Waals surface area contributed by atoms with E-state index in [9.17, 15) is 4.79 Å². The van der Waals surface area contributed by atoms with Crippen LogP contribution in [-0.4, -0.2) is 22.6 Å². The number of benzene rings is 2. The molecule has 1 heterocycles. The van der Waals surface area contributed by atoms with Gasteiger partial charge in [-0.3, -0.25) is 4.79 Å². The third kappa shape index (κ3) is 4.07. The zero-order valence-corrected chi connectivity index (χ0v) is 14.3. The van der Waals surface area contributed by atoms with Gasteiger partial charge in [0.05, 0.1) is 25.9 Å². The van der Waals surface area contributed by atoms with Gasteiger partial charge in [-0.25, -0.2) is 4.98 Å². The first kappa shape index (κ1) is 16.8. The van der Waals surface area contributed by atoms with E-state index in [1.54, 1.807) is 19.6 Å². The highest BCUT2D eigenvalue weighted by Crippen LogP contribution is 2.19. The van der Waals surface area contributed by atoms with Gasteiger partial charge in [-0.05, 0) is 30.7 Å². The summed E-state index contributed by atoms with van der Waals surface area (Å²) in [5.41, 5.74) is 2.97. The van der Waals surface area contributed by atoms with Crippen LogP contribution < -0.4 is 10.1 Å². The smallest absolute Gasteiger partial charge is 0.225 e. The summed E-state index contributed by atoms with van der Waals surface area (Å²) in [7, 11) is 1.61. The van der Waals surface area contributed by atoms with E-state index in [1.165, 1.54) is 0 Å². The fourth-order valence-electron chi connectivity index (χ4n) is 2.74. The molecule has 0 radical (unpaired) electrons. The van der Waals surface area contributed by atoms with E-state index in [-0.39, 0.29) is 11.9 Å². The van der Waals surface area contributed by atoms with Gasteiger partial charge in [-0.15, -0.1) is 0 Å². The molecule has 3 rings (SSSR count). The Balaban J connectivity index is 1.63. The number of hydrogen-bond donors (Lipinski definition) is 1. The minimum atomic E-state index is -0.0703. The molecule has 0 saturated carbocycles. The van der Waals surface area contributed by atoms with Crippen LogP contribution in [0.3, 0.4) is 0 Å². The number of methoxy groups -OCH3 is 1. The van der Waals surface area contributed by atoms with Crippen LogP contribution in [0.25, 0.3) is 5.69 Å². The van der Waals surface area contributed by atoms with E-state index in [0.717, 1.165) is 22.6 Å². The first-order valence-corrected chi connectivity index (χ1v) is 8.17. The lowest BCUT2D eigenvalue weighted by molar-refractivity contribution is -0.121. The van der Waals surface area contributed by atoms with Gasteiger partial charge in [0.2, 0.25) is 5.91 Å². The topological polar surface area (TPSA) is 56.1 Å². The number of carbonyl (C=O) groups excluding carboxylic acids is 1. The highest BCUT2D eigenvalue weighted by atomic mass is 16.5. The summed E-state index contributed by atoms with van der Waals surface area (Å²) < 4.78 is 7.24. The number of rotatable bonds is 6. The van der Waals surface area contributed by atoms with Crippen molar-refractivity contribution in [1.29, 1.82) is 0 Å². The Kier molecular flexibility index (Phi) is 5.14. The second-order valence-corrected chi connectivity index (χ2v) is 5.84. The number of para-hydroxylation sites is 1. The zero-order chi connectivity index (χ0) is 17.6. The summed E-state index contributed by atoms with van der Waals surface area (Å²) in [6, 6.07) is 15.6. The first-order valence-electron chi connectivity index (χ1n) is 8.17. The lowest BCUT2D eigenvalue weighted by Gasteiger charge is -2.16. The molecule has 0 aliphatic rings. The highest BCUT2D eigenvalue weighted by Gasteiger charge is 2.12. The molecule has 1 amide bonds. The quantitative estimate of drug-likeness (QED) is 0.752. The summed E-state index contributed by atoms with van der Waals surface area (Å²) in [4.78, 5) is 16.4. The first-order chi connectivity index (χ1) is 12.2. The maximum atomic E-state index is 12.3. The monoisotopic (exact) mass is 335 g/mol. The summed E-state index contributed by atoms with van der Waals surface area (Å²) in [5.74, 6) is 0.700. The van der Waals surface area contributed by atoms with Gasteiger partial charge in [0.25, 0.3) is 0 Å². The van der Waals surface area contributed by atoms with E-state index in [0.29, 0.717) is 6.42 Å². The van der Waals surface area contributed by atoms with Gasteiger partial charge in [0, 0.05) is 23.6 Å². The molecule has 1 N–H and O–H groups in total. The Labute approximate surface area is 147 Å². The van der Waals surface area contributed by atoms with Gasteiger partial charge < -0.3 is 14.6 Å². The molecular formula is C20H21N3O2. The largest absolute Gasteiger partial charge is 0.496 e. The Morgan fingerprint density at radius 2 is 1.96 bits per heavy atom. The van der Waals surface area contributed by atoms with E-state index >= 15 is 0 Å². The molecule has 1 aromatic heterocycles. The second kappa shape index (κ2) is 7.66. The van der Waals surface area contributed by atoms with E-state index in [1.807, 2.05) is 66.2 Å². The number of carbonyl (C=O) groups is 1. The molecule has 25 heavy (non-hydrogen) atoms. The summed E-state index contributed by atoms with van der Waals surface area (Å²) >= 11 is 0. The van der Waals surface area contributed by atoms with Crippen molar-refractivity contribution in [2.24, 2.45) is 0 Å². The van der Waals surface area contributed by atoms with Gasteiger partial charge >= 0.3 is 0 Å². The standard InChI is InChI=1S/C20H21N3O2/c1-15(16-7-9-18(10-8-16)23-12-11-21-14-23)22-20(24)13-17-5-3-4-6-19(17)25-2/h3-12,14-15H,13H2,1-2H3,(H,22,24)/t15-/m1/s1. The number of aromatic nitrogens is 2. The molecule has 5 heteroatoms. The minimum absolute atomic E-state index is 0.0318. The van der Waals surface area contributed by atoms with Crippen LogP contribution in [0.2, 0.25) is 0 Å². The third-order valence-corrected chi connectivity index (χ3v) is 4.12. The maximum Gasteiger partial charge on any atom is 0.225 e. The number of nitrogens with one attached hydrogen (secondary N) is 1. The molecule has 2 aromatic carbocycles. The molecule has 0 spiro atoms. The number of ether oxygens (including phenoxy) is 1. The molecule has 0 aliphatic carbocycles. The normalized spacial score (nSPS) is 11.8. The van der Waals surface area contributed by atoms with E-state index in [2.05, 4.69) is 10.3 Å². The van der Waals surface area contributed by atoms with Crippen molar-refractivity contribution in [3.05, 3.63) is 78.4 Å². The molecule has 0 aliphatic heterocycles. The minimum Gasteiger partial charge on any atom is -0.496 e. The van der Waals surface area contributed by atoms with Gasteiger partial charge in [-0.2, -0.15) is 0 Å². The maximum absolute atomic E-state index is 12.3. The van der Waals surface area contributed by atoms with Crippen LogP contribution in [0.4, 0.5) is 0 Å². The average Bonchev–Trinajstić information content (AvgIpc) is 3.17. The van der Waals surface area contributed by atoms with Crippen molar-refractivity contribution in [3.63, 3.8) is 0 Å². The molecule has 0 bridgehead atoms. The van der Waals surface area contributed by atoms with Crippen LogP contribution in [0, 0.1) is 0 Å². The van der Waals surface area contributed by atoms with Crippen LogP contribution in [0.1, 0.15) is 24.1 Å². The molecule has 0 unspecified atom stereocenters. The fourth-order valence-corrected chi connectivity index (χ4v) is 2.74. The molecule has 1 atom stereocenters. The second-order valence-electron chi connectivity index (χ2n) is 5.84. The number of hydrogen-bond acceptors (Lipinski definition) is 3. The Morgan fingerprint density at radius 3 is 2.64 bits per heavy atom. The van der Waals surface area contributed by atoms with Crippen molar-refractivity contribution >= 4 is 5.91 Å². The molecule has 5 nitrogen and oxygen atoms in total. The zero-order valence-electron chi connectivity index (χ0n) is 14.3. The summed E-state index contributed by atoms with van der Waals surface area (Å²) in [5, 5.41) is 3.04. The van der Waals surface area contributed by atoms with Crippen LogP contribution in [-0.2, 0) is 11.2 Å². The lowest BCUT2D eigenvalue weighted by Crippen LogP contribution is -2.28. The Morgan fingerprint density at radius 1 is 1.20 bits per heavy atom. The predicted octanol–water partition coefficient (Wildman–Crippen LogP) is 3.30. The van der Waals surface area contributed by atoms with Crippen molar-refractivity contribution in [1.82, 2.24) is 14.9 Å². The van der Waals surface area contributed by atoms with Crippen LogP contribution in [0.5, 0.6) is 5.75 Å². The van der Waals surface area contributed by atoms with Gasteiger partial charge in [0.1, 0.15) is 5.75 Å². The highest BCUT2D eigenvalue weighted by molar-refractivity contribution is 5.79. The van der Waals surface area contributed by atoms with Crippen LogP contribution >= 0.6 is 0 Å². The summed E-state index contributed by atoms with van der Waals surface area (Å²) in [6.07, 6.45) is 5.69. The molecular weight excluding hydrogens is 314 g/mol. The number of nitrogens with zero attached hydrogens (tertiary/aromatic N) is 2. The van der Waals surface area contributed by atoms with Gasteiger partial charge in [0.15, 0.2) is 0 Å². The van der Waals surface area contributed by atoms with Crippen molar-refractivity contribution < 1.29 is 9.53 Å².